The summed E-state index contributed by atoms with van der Waals surface area (Å²) < 4.78 is 18.5. The summed E-state index contributed by atoms with van der Waals surface area (Å²) in [7, 11) is 0. The van der Waals surface area contributed by atoms with Crippen LogP contribution in [-0.4, -0.2) is 32.3 Å². The number of anilines is 1. The maximum absolute atomic E-state index is 13.0. The van der Waals surface area contributed by atoms with Crippen LogP contribution in [0.15, 0.2) is 24.3 Å². The van der Waals surface area contributed by atoms with Crippen LogP contribution in [0.5, 0.6) is 0 Å². The molecule has 2 N–H and O–H groups in total. The molecule has 1 aliphatic rings. The van der Waals surface area contributed by atoms with Crippen molar-refractivity contribution in [3.63, 3.8) is 0 Å². The summed E-state index contributed by atoms with van der Waals surface area (Å²) in [5.74, 6) is -0.197. The Morgan fingerprint density at radius 1 is 1.33 bits per heavy atom. The summed E-state index contributed by atoms with van der Waals surface area (Å²) in [6.45, 7) is 3.17. The van der Waals surface area contributed by atoms with Gasteiger partial charge in [0.25, 0.3) is 0 Å². The van der Waals surface area contributed by atoms with Gasteiger partial charge < -0.3 is 15.4 Å². The maximum atomic E-state index is 13.0. The minimum absolute atomic E-state index is 0.197. The van der Waals surface area contributed by atoms with Gasteiger partial charge in [-0.25, -0.2) is 4.39 Å². The van der Waals surface area contributed by atoms with Gasteiger partial charge in [0.05, 0.1) is 12.6 Å². The highest BCUT2D eigenvalue weighted by Gasteiger charge is 2.21. The molecule has 1 aliphatic heterocycles. The summed E-state index contributed by atoms with van der Waals surface area (Å²) in [5.41, 5.74) is 6.65. The Morgan fingerprint density at radius 3 is 2.72 bits per heavy atom. The van der Waals surface area contributed by atoms with Gasteiger partial charge in [-0.05, 0) is 50.1 Å². The Hall–Kier alpha value is -1.13. The van der Waals surface area contributed by atoms with E-state index in [-0.39, 0.29) is 5.82 Å². The monoisotopic (exact) mass is 252 g/mol. The van der Waals surface area contributed by atoms with Gasteiger partial charge in [-0.15, -0.1) is 0 Å². The van der Waals surface area contributed by atoms with Crippen molar-refractivity contribution in [2.24, 2.45) is 5.73 Å². The predicted octanol–water partition coefficient (Wildman–Crippen LogP) is 2.16. The van der Waals surface area contributed by atoms with Crippen LogP contribution in [0.1, 0.15) is 19.3 Å². The van der Waals surface area contributed by atoms with Crippen molar-refractivity contribution < 1.29 is 9.13 Å². The zero-order valence-electron chi connectivity index (χ0n) is 10.6. The van der Waals surface area contributed by atoms with E-state index in [0.29, 0.717) is 12.6 Å². The Kier molecular flexibility index (Phi) is 4.96. The van der Waals surface area contributed by atoms with E-state index < -0.39 is 0 Å². The molecule has 1 heterocycles. The highest BCUT2D eigenvalue weighted by atomic mass is 19.1. The van der Waals surface area contributed by atoms with Crippen molar-refractivity contribution >= 4 is 5.69 Å². The molecule has 0 aliphatic carbocycles. The molecule has 0 spiro atoms. The van der Waals surface area contributed by atoms with E-state index in [1.807, 2.05) is 12.1 Å². The van der Waals surface area contributed by atoms with E-state index in [0.717, 1.165) is 44.7 Å². The third-order valence-corrected chi connectivity index (χ3v) is 3.34. The Balaban J connectivity index is 2.10. The fourth-order valence-corrected chi connectivity index (χ4v) is 2.39. The molecular formula is C14H21FN2O. The molecule has 1 saturated heterocycles. The third kappa shape index (κ3) is 3.43. The van der Waals surface area contributed by atoms with Gasteiger partial charge in [0, 0.05) is 18.8 Å². The van der Waals surface area contributed by atoms with Crippen LogP contribution in [0.25, 0.3) is 0 Å². The van der Waals surface area contributed by atoms with E-state index in [9.17, 15) is 4.39 Å². The maximum Gasteiger partial charge on any atom is 0.123 e. The van der Waals surface area contributed by atoms with E-state index in [4.69, 9.17) is 10.5 Å². The van der Waals surface area contributed by atoms with E-state index >= 15 is 0 Å². The molecule has 0 radical (unpaired) electrons. The number of rotatable bonds is 5. The molecule has 1 aromatic rings. The largest absolute Gasteiger partial charge is 0.379 e. The smallest absolute Gasteiger partial charge is 0.123 e. The number of nitrogens with zero attached hydrogens (tertiary/aromatic N) is 1. The SMILES string of the molecule is NCCCN(c1ccc(F)cc1)C1CCCOC1. The van der Waals surface area contributed by atoms with Crippen LogP contribution in [0.4, 0.5) is 10.1 Å². The Morgan fingerprint density at radius 2 is 2.11 bits per heavy atom. The highest BCUT2D eigenvalue weighted by molar-refractivity contribution is 5.47. The van der Waals surface area contributed by atoms with E-state index in [1.54, 1.807) is 0 Å². The summed E-state index contributed by atoms with van der Waals surface area (Å²) >= 11 is 0. The second-order valence-corrected chi connectivity index (χ2v) is 4.68. The number of halogens is 1. The van der Waals surface area contributed by atoms with Crippen molar-refractivity contribution in [2.45, 2.75) is 25.3 Å². The van der Waals surface area contributed by atoms with Crippen LogP contribution in [-0.2, 0) is 4.74 Å². The highest BCUT2D eigenvalue weighted by Crippen LogP contribution is 2.22. The first-order valence-corrected chi connectivity index (χ1v) is 6.61. The molecule has 2 rings (SSSR count). The summed E-state index contributed by atoms with van der Waals surface area (Å²) in [6.07, 6.45) is 3.15. The predicted molar refractivity (Wildman–Crippen MR) is 71.3 cm³/mol. The summed E-state index contributed by atoms with van der Waals surface area (Å²) in [4.78, 5) is 2.30. The lowest BCUT2D eigenvalue weighted by Gasteiger charge is -2.36. The van der Waals surface area contributed by atoms with Crippen molar-refractivity contribution in [1.29, 1.82) is 0 Å². The number of ether oxygens (including phenoxy) is 1. The van der Waals surface area contributed by atoms with Crippen LogP contribution in [0, 0.1) is 5.82 Å². The first-order chi connectivity index (χ1) is 8.81. The molecule has 1 aromatic carbocycles. The Labute approximate surface area is 108 Å². The average Bonchev–Trinajstić information content (AvgIpc) is 2.42. The molecular weight excluding hydrogens is 231 g/mol. The zero-order valence-corrected chi connectivity index (χ0v) is 10.6. The second kappa shape index (κ2) is 6.71. The van der Waals surface area contributed by atoms with E-state index in [2.05, 4.69) is 4.90 Å². The molecule has 1 unspecified atom stereocenters. The van der Waals surface area contributed by atoms with E-state index in [1.165, 1.54) is 12.1 Å². The first kappa shape index (κ1) is 13.3. The summed E-state index contributed by atoms with van der Waals surface area (Å²) in [6, 6.07) is 7.07. The first-order valence-electron chi connectivity index (χ1n) is 6.61. The lowest BCUT2D eigenvalue weighted by molar-refractivity contribution is 0.0792. The topological polar surface area (TPSA) is 38.5 Å². The van der Waals surface area contributed by atoms with Gasteiger partial charge in [-0.2, -0.15) is 0 Å². The van der Waals surface area contributed by atoms with Crippen molar-refractivity contribution in [1.82, 2.24) is 0 Å². The molecule has 1 fully saturated rings. The fourth-order valence-electron chi connectivity index (χ4n) is 2.39. The van der Waals surface area contributed by atoms with Crippen LogP contribution < -0.4 is 10.6 Å². The van der Waals surface area contributed by atoms with Gasteiger partial charge in [0.15, 0.2) is 0 Å². The van der Waals surface area contributed by atoms with Gasteiger partial charge in [0.2, 0.25) is 0 Å². The molecule has 4 heteroatoms. The van der Waals surface area contributed by atoms with Crippen molar-refractivity contribution in [2.75, 3.05) is 31.2 Å². The van der Waals surface area contributed by atoms with Gasteiger partial charge in [-0.3, -0.25) is 0 Å². The van der Waals surface area contributed by atoms with Crippen molar-refractivity contribution in [3.05, 3.63) is 30.1 Å². The third-order valence-electron chi connectivity index (χ3n) is 3.34. The minimum Gasteiger partial charge on any atom is -0.379 e. The van der Waals surface area contributed by atoms with Gasteiger partial charge in [0.1, 0.15) is 5.82 Å². The minimum atomic E-state index is -0.197. The second-order valence-electron chi connectivity index (χ2n) is 4.68. The zero-order chi connectivity index (χ0) is 12.8. The normalized spacial score (nSPS) is 19.8. The molecule has 0 amide bonds. The Bertz CT molecular complexity index is 349. The molecule has 100 valence electrons. The van der Waals surface area contributed by atoms with Crippen LogP contribution >= 0.6 is 0 Å². The molecule has 3 nitrogen and oxygen atoms in total. The summed E-state index contributed by atoms with van der Waals surface area (Å²) in [5, 5.41) is 0. The average molecular weight is 252 g/mol. The molecule has 0 aromatic heterocycles. The van der Waals surface area contributed by atoms with Crippen LogP contribution in [0.3, 0.4) is 0 Å². The van der Waals surface area contributed by atoms with Crippen LogP contribution in [0.2, 0.25) is 0 Å². The lowest BCUT2D eigenvalue weighted by atomic mass is 10.1. The number of nitrogens with two attached hydrogens (primary N) is 1. The number of hydrogen-bond donors (Lipinski definition) is 1. The molecule has 1 atom stereocenters. The van der Waals surface area contributed by atoms with Gasteiger partial charge in [-0.1, -0.05) is 0 Å². The number of hydrogen-bond acceptors (Lipinski definition) is 3. The molecule has 0 saturated carbocycles. The molecule has 0 bridgehead atoms. The van der Waals surface area contributed by atoms with Crippen molar-refractivity contribution in [3.8, 4) is 0 Å². The lowest BCUT2D eigenvalue weighted by Crippen LogP contribution is -2.42. The fraction of sp³-hybridized carbons (Fsp3) is 0.571. The molecule has 18 heavy (non-hydrogen) atoms. The number of benzene rings is 1. The quantitative estimate of drug-likeness (QED) is 0.872. The standard InChI is InChI=1S/C14H21FN2O/c15-12-4-6-13(7-5-12)17(9-2-8-16)14-3-1-10-18-11-14/h4-7,14H,1-3,8-11,16H2. The van der Waals surface area contributed by atoms with Gasteiger partial charge >= 0.3 is 0 Å².